The number of terminal acetylenes is 1. The number of rotatable bonds is 6. The second-order valence-electron chi connectivity index (χ2n) is 3.78. The molecule has 0 aromatic heterocycles. The van der Waals surface area contributed by atoms with Crippen molar-refractivity contribution in [2.24, 2.45) is 0 Å². The van der Waals surface area contributed by atoms with Crippen molar-refractivity contribution in [3.05, 3.63) is 0 Å². The molecule has 1 aliphatic rings. The molecule has 0 aromatic carbocycles. The molecule has 2 N–H and O–H groups in total. The maximum Gasteiger partial charge on any atom is 0.213 e. The second-order valence-corrected chi connectivity index (χ2v) is 5.63. The van der Waals surface area contributed by atoms with Gasteiger partial charge in [0.05, 0.1) is 5.75 Å². The van der Waals surface area contributed by atoms with Gasteiger partial charge in [-0.15, -0.1) is 12.3 Å². The summed E-state index contributed by atoms with van der Waals surface area (Å²) in [6.45, 7) is 1.37. The lowest BCUT2D eigenvalue weighted by molar-refractivity contribution is 0.562. The molecule has 86 valence electrons. The van der Waals surface area contributed by atoms with E-state index in [9.17, 15) is 8.42 Å². The Morgan fingerprint density at radius 1 is 1.53 bits per heavy atom. The average molecular weight is 230 g/mol. The molecule has 0 aromatic rings. The first-order valence-electron chi connectivity index (χ1n) is 5.28. The first-order chi connectivity index (χ1) is 7.14. The Kier molecular flexibility index (Phi) is 5.09. The van der Waals surface area contributed by atoms with Gasteiger partial charge in [0.1, 0.15) is 0 Å². The molecule has 1 fully saturated rings. The van der Waals surface area contributed by atoms with Crippen LogP contribution < -0.4 is 10.0 Å². The maximum atomic E-state index is 11.5. The van der Waals surface area contributed by atoms with Crippen molar-refractivity contribution < 1.29 is 8.42 Å². The Hall–Kier alpha value is -0.570. The molecule has 4 nitrogen and oxygen atoms in total. The minimum atomic E-state index is -3.13. The largest absolute Gasteiger partial charge is 0.313 e. The Labute approximate surface area is 91.9 Å². The van der Waals surface area contributed by atoms with Gasteiger partial charge >= 0.3 is 0 Å². The molecular formula is C10H18N2O2S. The quantitative estimate of drug-likeness (QED) is 0.501. The summed E-state index contributed by atoms with van der Waals surface area (Å²) in [6, 6.07) is 0.120. The van der Waals surface area contributed by atoms with Crippen LogP contribution in [0.2, 0.25) is 0 Å². The van der Waals surface area contributed by atoms with E-state index in [4.69, 9.17) is 6.42 Å². The number of unbranched alkanes of at least 4 members (excludes halogenated alkanes) is 1. The van der Waals surface area contributed by atoms with Gasteiger partial charge < -0.3 is 5.32 Å². The van der Waals surface area contributed by atoms with Gasteiger partial charge in [0.2, 0.25) is 10.0 Å². The highest BCUT2D eigenvalue weighted by atomic mass is 32.2. The number of sulfonamides is 1. The molecule has 0 aliphatic carbocycles. The van der Waals surface area contributed by atoms with E-state index >= 15 is 0 Å². The highest BCUT2D eigenvalue weighted by Crippen LogP contribution is 2.06. The molecule has 0 saturated carbocycles. The summed E-state index contributed by atoms with van der Waals surface area (Å²) in [4.78, 5) is 0. The maximum absolute atomic E-state index is 11.5. The van der Waals surface area contributed by atoms with Crippen LogP contribution in [0.5, 0.6) is 0 Å². The fourth-order valence-electron chi connectivity index (χ4n) is 1.64. The van der Waals surface area contributed by atoms with E-state index in [1.54, 1.807) is 0 Å². The van der Waals surface area contributed by atoms with E-state index in [2.05, 4.69) is 16.0 Å². The molecule has 0 spiro atoms. The fourth-order valence-corrected chi connectivity index (χ4v) is 3.03. The normalized spacial score (nSPS) is 21.4. The molecule has 1 atom stereocenters. The van der Waals surface area contributed by atoms with Gasteiger partial charge in [0.25, 0.3) is 0 Å². The van der Waals surface area contributed by atoms with Crippen molar-refractivity contribution in [2.75, 3.05) is 18.8 Å². The summed E-state index contributed by atoms with van der Waals surface area (Å²) in [6.07, 6.45) is 8.41. The standard InChI is InChI=1S/C10H18N2O2S/c1-2-3-4-8-12-15(13,14)9-10-6-5-7-11-10/h1,10-12H,3-9H2. The van der Waals surface area contributed by atoms with Crippen LogP contribution in [-0.2, 0) is 10.0 Å². The van der Waals surface area contributed by atoms with Crippen molar-refractivity contribution in [3.8, 4) is 12.3 Å². The summed E-state index contributed by atoms with van der Waals surface area (Å²) in [7, 11) is -3.13. The van der Waals surface area contributed by atoms with Crippen LogP contribution in [-0.4, -0.2) is 33.3 Å². The van der Waals surface area contributed by atoms with Crippen LogP contribution in [0.3, 0.4) is 0 Å². The lowest BCUT2D eigenvalue weighted by Gasteiger charge is -2.11. The highest BCUT2D eigenvalue weighted by Gasteiger charge is 2.21. The Balaban J connectivity index is 2.22. The molecule has 1 rings (SSSR count). The summed E-state index contributed by atoms with van der Waals surface area (Å²) in [5, 5.41) is 3.16. The molecule has 1 aliphatic heterocycles. The third-order valence-electron chi connectivity index (χ3n) is 2.40. The van der Waals surface area contributed by atoms with Gasteiger partial charge in [-0.05, 0) is 25.8 Å². The first kappa shape index (κ1) is 12.5. The van der Waals surface area contributed by atoms with Gasteiger partial charge in [-0.25, -0.2) is 13.1 Å². The van der Waals surface area contributed by atoms with Crippen molar-refractivity contribution in [2.45, 2.75) is 31.7 Å². The van der Waals surface area contributed by atoms with E-state index in [-0.39, 0.29) is 11.8 Å². The Bertz CT molecular complexity index is 313. The summed E-state index contributed by atoms with van der Waals surface area (Å²) in [5.41, 5.74) is 0. The zero-order valence-corrected chi connectivity index (χ0v) is 9.65. The van der Waals surface area contributed by atoms with Crippen LogP contribution in [0.4, 0.5) is 0 Å². The Morgan fingerprint density at radius 2 is 2.33 bits per heavy atom. The predicted molar refractivity (Wildman–Crippen MR) is 60.9 cm³/mol. The molecule has 15 heavy (non-hydrogen) atoms. The van der Waals surface area contributed by atoms with Gasteiger partial charge in [-0.2, -0.15) is 0 Å². The fraction of sp³-hybridized carbons (Fsp3) is 0.800. The zero-order valence-electron chi connectivity index (χ0n) is 8.83. The van der Waals surface area contributed by atoms with Gasteiger partial charge in [0.15, 0.2) is 0 Å². The molecular weight excluding hydrogens is 212 g/mol. The third-order valence-corrected chi connectivity index (χ3v) is 3.89. The molecule has 1 heterocycles. The second kappa shape index (κ2) is 6.11. The summed E-state index contributed by atoms with van der Waals surface area (Å²) >= 11 is 0. The van der Waals surface area contributed by atoms with E-state index < -0.39 is 10.0 Å². The van der Waals surface area contributed by atoms with Crippen LogP contribution in [0, 0.1) is 12.3 Å². The molecule has 0 bridgehead atoms. The van der Waals surface area contributed by atoms with Crippen LogP contribution in [0.15, 0.2) is 0 Å². The predicted octanol–water partition coefficient (Wildman–Crippen LogP) is 0.0712. The van der Waals surface area contributed by atoms with Gasteiger partial charge in [-0.1, -0.05) is 0 Å². The van der Waals surface area contributed by atoms with Crippen molar-refractivity contribution >= 4 is 10.0 Å². The lowest BCUT2D eigenvalue weighted by atomic mass is 10.3. The molecule has 0 radical (unpaired) electrons. The van der Waals surface area contributed by atoms with Crippen molar-refractivity contribution in [1.29, 1.82) is 0 Å². The van der Waals surface area contributed by atoms with Gasteiger partial charge in [-0.3, -0.25) is 0 Å². The first-order valence-corrected chi connectivity index (χ1v) is 6.93. The molecule has 5 heteroatoms. The van der Waals surface area contributed by atoms with Crippen LogP contribution >= 0.6 is 0 Å². The third kappa shape index (κ3) is 5.17. The Morgan fingerprint density at radius 3 is 2.93 bits per heavy atom. The van der Waals surface area contributed by atoms with Crippen LogP contribution in [0.25, 0.3) is 0 Å². The lowest BCUT2D eigenvalue weighted by Crippen LogP contribution is -2.36. The minimum absolute atomic E-state index is 0.120. The number of nitrogens with one attached hydrogen (secondary N) is 2. The number of hydrogen-bond acceptors (Lipinski definition) is 3. The topological polar surface area (TPSA) is 58.2 Å². The van der Waals surface area contributed by atoms with E-state index in [1.807, 2.05) is 0 Å². The van der Waals surface area contributed by atoms with E-state index in [0.717, 1.165) is 19.4 Å². The monoisotopic (exact) mass is 230 g/mol. The van der Waals surface area contributed by atoms with E-state index in [1.165, 1.54) is 0 Å². The summed E-state index contributed by atoms with van der Waals surface area (Å²) < 4.78 is 25.7. The van der Waals surface area contributed by atoms with Crippen molar-refractivity contribution in [1.82, 2.24) is 10.0 Å². The number of hydrogen-bond donors (Lipinski definition) is 2. The zero-order chi connectivity index (χ0) is 11.1. The van der Waals surface area contributed by atoms with Gasteiger partial charge in [0, 0.05) is 19.0 Å². The minimum Gasteiger partial charge on any atom is -0.313 e. The average Bonchev–Trinajstić information content (AvgIpc) is 2.64. The van der Waals surface area contributed by atoms with Crippen molar-refractivity contribution in [3.63, 3.8) is 0 Å². The highest BCUT2D eigenvalue weighted by molar-refractivity contribution is 7.89. The molecule has 0 amide bonds. The SMILES string of the molecule is C#CCCCNS(=O)(=O)CC1CCCN1. The molecule has 1 unspecified atom stereocenters. The van der Waals surface area contributed by atoms with Crippen LogP contribution in [0.1, 0.15) is 25.7 Å². The smallest absolute Gasteiger partial charge is 0.213 e. The van der Waals surface area contributed by atoms with E-state index in [0.29, 0.717) is 19.4 Å². The summed E-state index contributed by atoms with van der Waals surface area (Å²) in [5.74, 6) is 2.66. The molecule has 1 saturated heterocycles.